The fraction of sp³-hybridized carbons (Fsp3) is 0.545. The van der Waals surface area contributed by atoms with Gasteiger partial charge in [-0.25, -0.2) is 4.58 Å². The predicted octanol–water partition coefficient (Wildman–Crippen LogP) is 0.645. The largest absolute Gasteiger partial charge is 0.399 e. The van der Waals surface area contributed by atoms with Gasteiger partial charge in [0, 0.05) is 11.8 Å². The maximum atomic E-state index is 8.90. The third-order valence-corrected chi connectivity index (χ3v) is 2.53. The van der Waals surface area contributed by atoms with Crippen LogP contribution in [0.4, 0.5) is 0 Å². The molecule has 0 saturated carbocycles. The van der Waals surface area contributed by atoms with Crippen molar-refractivity contribution >= 4 is 5.71 Å². The molecule has 3 heteroatoms. The summed E-state index contributed by atoms with van der Waals surface area (Å²) < 4.78 is 2.17. The van der Waals surface area contributed by atoms with Crippen LogP contribution < -0.4 is 5.73 Å². The zero-order valence-corrected chi connectivity index (χ0v) is 8.95. The van der Waals surface area contributed by atoms with E-state index in [-0.39, 0.29) is 6.61 Å². The van der Waals surface area contributed by atoms with Gasteiger partial charge in [0.25, 0.3) is 0 Å². The average molecular weight is 195 g/mol. The number of hydrogen-bond donors (Lipinski definition) is 2. The highest BCUT2D eigenvalue weighted by atomic mass is 16.3. The molecular weight excluding hydrogens is 176 g/mol. The van der Waals surface area contributed by atoms with Gasteiger partial charge in [-0.3, -0.25) is 0 Å². The molecule has 1 rings (SSSR count). The van der Waals surface area contributed by atoms with E-state index in [4.69, 9.17) is 10.8 Å². The molecule has 78 valence electrons. The number of nitrogens with zero attached hydrogens (tertiary/aromatic N) is 1. The fourth-order valence-electron chi connectivity index (χ4n) is 1.61. The lowest BCUT2D eigenvalue weighted by molar-refractivity contribution is -0.526. The van der Waals surface area contributed by atoms with Crippen LogP contribution in [-0.2, 0) is 0 Å². The molecule has 0 aliphatic heterocycles. The Kier molecular flexibility index (Phi) is 3.89. The van der Waals surface area contributed by atoms with Gasteiger partial charge in [0.1, 0.15) is 13.2 Å². The molecule has 0 aromatic carbocycles. The molecule has 0 atom stereocenters. The molecule has 0 bridgehead atoms. The van der Waals surface area contributed by atoms with E-state index in [2.05, 4.69) is 17.6 Å². The quantitative estimate of drug-likeness (QED) is 0.649. The van der Waals surface area contributed by atoms with E-state index in [0.29, 0.717) is 6.54 Å². The highest BCUT2D eigenvalue weighted by molar-refractivity contribution is 5.94. The minimum Gasteiger partial charge on any atom is -0.399 e. The smallest absolute Gasteiger partial charge is 0.180 e. The van der Waals surface area contributed by atoms with Crippen LogP contribution in [0.3, 0.4) is 0 Å². The third kappa shape index (κ3) is 2.45. The Balaban J connectivity index is 2.89. The summed E-state index contributed by atoms with van der Waals surface area (Å²) in [5.74, 6) is 0. The molecule has 3 nitrogen and oxygen atoms in total. The standard InChI is InChI=1S/C11H19N2O/c1-3-13(6-7-14)10-4-5-11(12)9(2)8-10/h5,8,14H,3-4,6-7,12H2,1-2H3/q+1. The van der Waals surface area contributed by atoms with Gasteiger partial charge in [0.2, 0.25) is 0 Å². The second kappa shape index (κ2) is 4.96. The normalized spacial score (nSPS) is 20.2. The molecule has 0 fully saturated rings. The van der Waals surface area contributed by atoms with Gasteiger partial charge >= 0.3 is 0 Å². The van der Waals surface area contributed by atoms with E-state index < -0.39 is 0 Å². The van der Waals surface area contributed by atoms with Crippen molar-refractivity contribution in [3.8, 4) is 0 Å². The number of allylic oxidation sites excluding steroid dienone is 3. The summed E-state index contributed by atoms with van der Waals surface area (Å²) in [4.78, 5) is 0. The maximum Gasteiger partial charge on any atom is 0.180 e. The van der Waals surface area contributed by atoms with Crippen molar-refractivity contribution < 1.29 is 9.68 Å². The molecule has 1 aliphatic carbocycles. The van der Waals surface area contributed by atoms with Crippen LogP contribution in [0.15, 0.2) is 23.4 Å². The summed E-state index contributed by atoms with van der Waals surface area (Å²) in [5.41, 5.74) is 8.99. The number of rotatable bonds is 3. The highest BCUT2D eigenvalue weighted by Crippen LogP contribution is 2.11. The Labute approximate surface area is 85.2 Å². The van der Waals surface area contributed by atoms with Gasteiger partial charge in [0.05, 0.1) is 6.42 Å². The molecular formula is C11H19N2O+. The van der Waals surface area contributed by atoms with Crippen molar-refractivity contribution in [1.29, 1.82) is 0 Å². The topological polar surface area (TPSA) is 49.3 Å². The molecule has 1 aliphatic rings. The molecule has 0 radical (unpaired) electrons. The summed E-state index contributed by atoms with van der Waals surface area (Å²) in [6, 6.07) is 0. The first kappa shape index (κ1) is 11.0. The van der Waals surface area contributed by atoms with Crippen molar-refractivity contribution in [2.75, 3.05) is 19.7 Å². The van der Waals surface area contributed by atoms with Gasteiger partial charge in [0.15, 0.2) is 12.3 Å². The first-order chi connectivity index (χ1) is 6.69. The van der Waals surface area contributed by atoms with Crippen molar-refractivity contribution in [3.63, 3.8) is 0 Å². The van der Waals surface area contributed by atoms with E-state index in [0.717, 1.165) is 24.2 Å². The highest BCUT2D eigenvalue weighted by Gasteiger charge is 2.14. The molecule has 3 N–H and O–H groups in total. The van der Waals surface area contributed by atoms with Crippen LogP contribution in [0, 0.1) is 0 Å². The van der Waals surface area contributed by atoms with E-state index in [1.165, 1.54) is 5.71 Å². The van der Waals surface area contributed by atoms with E-state index in [1.807, 2.05) is 13.0 Å². The number of aliphatic hydroxyl groups excluding tert-OH is 1. The molecule has 0 spiro atoms. The zero-order chi connectivity index (χ0) is 10.6. The van der Waals surface area contributed by atoms with Gasteiger partial charge in [-0.1, -0.05) is 6.08 Å². The van der Waals surface area contributed by atoms with Gasteiger partial charge in [-0.2, -0.15) is 0 Å². The molecule has 0 unspecified atom stereocenters. The van der Waals surface area contributed by atoms with Gasteiger partial charge in [-0.15, -0.1) is 0 Å². The van der Waals surface area contributed by atoms with Crippen LogP contribution in [0.2, 0.25) is 0 Å². The fourth-order valence-corrected chi connectivity index (χ4v) is 1.61. The SMILES string of the molecule is CC[N+](CCO)=C1C=C(C)C(N)=CC1. The lowest BCUT2D eigenvalue weighted by atomic mass is 10.0. The second-order valence-electron chi connectivity index (χ2n) is 3.49. The lowest BCUT2D eigenvalue weighted by Gasteiger charge is -2.10. The Hall–Kier alpha value is -1.09. The van der Waals surface area contributed by atoms with Crippen molar-refractivity contribution in [3.05, 3.63) is 23.4 Å². The number of aliphatic hydroxyl groups is 1. The first-order valence-corrected chi connectivity index (χ1v) is 5.05. The average Bonchev–Trinajstić information content (AvgIpc) is 2.19. The Bertz CT molecular complexity index is 300. The van der Waals surface area contributed by atoms with Gasteiger partial charge in [-0.05, 0) is 19.4 Å². The van der Waals surface area contributed by atoms with E-state index in [1.54, 1.807) is 0 Å². The second-order valence-corrected chi connectivity index (χ2v) is 3.49. The Morgan fingerprint density at radius 2 is 2.29 bits per heavy atom. The summed E-state index contributed by atoms with van der Waals surface area (Å²) in [6.45, 7) is 5.92. The lowest BCUT2D eigenvalue weighted by Crippen LogP contribution is -2.25. The molecule has 0 heterocycles. The number of likely N-dealkylation sites (N-methyl/N-ethyl adjacent to an activating group) is 1. The van der Waals surface area contributed by atoms with Gasteiger partial charge < -0.3 is 10.8 Å². The zero-order valence-electron chi connectivity index (χ0n) is 8.95. The Morgan fingerprint density at radius 3 is 2.79 bits per heavy atom. The summed E-state index contributed by atoms with van der Waals surface area (Å²) in [5, 5.41) is 8.90. The van der Waals surface area contributed by atoms with Crippen LogP contribution in [0.1, 0.15) is 20.3 Å². The van der Waals surface area contributed by atoms with Crippen molar-refractivity contribution in [2.24, 2.45) is 5.73 Å². The summed E-state index contributed by atoms with van der Waals surface area (Å²) >= 11 is 0. The minimum atomic E-state index is 0.198. The van der Waals surface area contributed by atoms with E-state index >= 15 is 0 Å². The van der Waals surface area contributed by atoms with Crippen LogP contribution in [0.5, 0.6) is 0 Å². The van der Waals surface area contributed by atoms with E-state index in [9.17, 15) is 0 Å². The number of hydrogen-bond acceptors (Lipinski definition) is 2. The predicted molar refractivity (Wildman–Crippen MR) is 58.4 cm³/mol. The third-order valence-electron chi connectivity index (χ3n) is 2.53. The van der Waals surface area contributed by atoms with Crippen molar-refractivity contribution in [1.82, 2.24) is 0 Å². The Morgan fingerprint density at radius 1 is 1.57 bits per heavy atom. The minimum absolute atomic E-state index is 0.198. The molecule has 0 aromatic rings. The summed E-state index contributed by atoms with van der Waals surface area (Å²) in [6.07, 6.45) is 5.01. The maximum absolute atomic E-state index is 8.90. The molecule has 14 heavy (non-hydrogen) atoms. The first-order valence-electron chi connectivity index (χ1n) is 5.05. The van der Waals surface area contributed by atoms with Crippen LogP contribution in [-0.4, -0.2) is 35.1 Å². The summed E-state index contributed by atoms with van der Waals surface area (Å²) in [7, 11) is 0. The van der Waals surface area contributed by atoms with Crippen LogP contribution >= 0.6 is 0 Å². The molecule has 0 aromatic heterocycles. The monoisotopic (exact) mass is 195 g/mol. The van der Waals surface area contributed by atoms with Crippen LogP contribution in [0.25, 0.3) is 0 Å². The van der Waals surface area contributed by atoms with Crippen molar-refractivity contribution in [2.45, 2.75) is 20.3 Å². The molecule has 0 amide bonds. The molecule has 0 saturated heterocycles. The number of nitrogens with two attached hydrogens (primary N) is 1.